The quantitative estimate of drug-likeness (QED) is 0.631. The van der Waals surface area contributed by atoms with Gasteiger partial charge in [-0.15, -0.1) is 11.8 Å². The topological polar surface area (TPSA) is 26.3 Å². The molecule has 0 heterocycles. The molecule has 0 saturated carbocycles. The molecule has 0 saturated heterocycles. The number of rotatable bonds is 4. The molecular formula is C10H9BrF2O2S. The van der Waals surface area contributed by atoms with Crippen LogP contribution in [0.25, 0.3) is 0 Å². The molecular weight excluding hydrogens is 302 g/mol. The Morgan fingerprint density at radius 3 is 2.81 bits per heavy atom. The Balaban J connectivity index is 2.67. The van der Waals surface area contributed by atoms with Gasteiger partial charge in [-0.1, -0.05) is 0 Å². The van der Waals surface area contributed by atoms with Crippen molar-refractivity contribution in [2.45, 2.75) is 5.75 Å². The molecule has 16 heavy (non-hydrogen) atoms. The van der Waals surface area contributed by atoms with Gasteiger partial charge in [0, 0.05) is 11.3 Å². The molecule has 0 atom stereocenters. The summed E-state index contributed by atoms with van der Waals surface area (Å²) < 4.78 is 31.3. The first-order valence-electron chi connectivity index (χ1n) is 4.33. The van der Waals surface area contributed by atoms with Crippen LogP contribution in [0.15, 0.2) is 16.6 Å². The second kappa shape index (κ2) is 6.20. The summed E-state index contributed by atoms with van der Waals surface area (Å²) in [6.45, 7) is 0. The van der Waals surface area contributed by atoms with Crippen molar-refractivity contribution in [2.24, 2.45) is 0 Å². The minimum Gasteiger partial charge on any atom is -0.468 e. The molecule has 0 bridgehead atoms. The van der Waals surface area contributed by atoms with E-state index in [1.54, 1.807) is 0 Å². The second-order valence-electron chi connectivity index (χ2n) is 2.89. The fraction of sp³-hybridized carbons (Fsp3) is 0.300. The lowest BCUT2D eigenvalue weighted by atomic mass is 10.2. The van der Waals surface area contributed by atoms with E-state index in [1.165, 1.54) is 19.2 Å². The number of carbonyl (C=O) groups excluding carboxylic acids is 1. The number of carbonyl (C=O) groups is 1. The molecule has 0 fully saturated rings. The van der Waals surface area contributed by atoms with Gasteiger partial charge in [0.15, 0.2) is 0 Å². The second-order valence-corrected chi connectivity index (χ2v) is 4.73. The maximum atomic E-state index is 13.5. The van der Waals surface area contributed by atoms with Crippen molar-refractivity contribution in [3.63, 3.8) is 0 Å². The maximum Gasteiger partial charge on any atom is 0.315 e. The predicted molar refractivity (Wildman–Crippen MR) is 62.2 cm³/mol. The van der Waals surface area contributed by atoms with Crippen LogP contribution in [0.4, 0.5) is 8.78 Å². The fourth-order valence-electron chi connectivity index (χ4n) is 0.997. The van der Waals surface area contributed by atoms with Crippen molar-refractivity contribution >= 4 is 33.7 Å². The van der Waals surface area contributed by atoms with E-state index in [2.05, 4.69) is 20.7 Å². The van der Waals surface area contributed by atoms with Crippen LogP contribution in [-0.2, 0) is 15.3 Å². The lowest BCUT2D eigenvalue weighted by molar-refractivity contribution is -0.137. The summed E-state index contributed by atoms with van der Waals surface area (Å²) >= 11 is 4.07. The molecule has 0 radical (unpaired) electrons. The van der Waals surface area contributed by atoms with Crippen LogP contribution in [0.5, 0.6) is 0 Å². The molecule has 1 rings (SSSR count). The Labute approximate surface area is 104 Å². The molecule has 0 N–H and O–H groups in total. The van der Waals surface area contributed by atoms with Crippen LogP contribution in [-0.4, -0.2) is 18.8 Å². The molecule has 0 unspecified atom stereocenters. The number of ether oxygens (including phenoxy) is 1. The zero-order valence-corrected chi connectivity index (χ0v) is 10.8. The van der Waals surface area contributed by atoms with Gasteiger partial charge in [0.05, 0.1) is 17.3 Å². The van der Waals surface area contributed by atoms with E-state index >= 15 is 0 Å². The SMILES string of the molecule is COC(=O)CSCc1c(F)ccc(Br)c1F. The molecule has 6 heteroatoms. The third kappa shape index (κ3) is 3.45. The van der Waals surface area contributed by atoms with E-state index in [0.29, 0.717) is 0 Å². The maximum absolute atomic E-state index is 13.5. The lowest BCUT2D eigenvalue weighted by Crippen LogP contribution is -2.04. The number of esters is 1. The summed E-state index contributed by atoms with van der Waals surface area (Å²) in [5.41, 5.74) is -0.0386. The van der Waals surface area contributed by atoms with Gasteiger partial charge in [-0.3, -0.25) is 4.79 Å². The van der Waals surface area contributed by atoms with E-state index in [0.717, 1.165) is 11.8 Å². The van der Waals surface area contributed by atoms with Gasteiger partial charge < -0.3 is 4.74 Å². The number of methoxy groups -OCH3 is 1. The molecule has 1 aromatic carbocycles. The molecule has 0 aliphatic heterocycles. The van der Waals surface area contributed by atoms with Gasteiger partial charge >= 0.3 is 5.97 Å². The van der Waals surface area contributed by atoms with Crippen LogP contribution in [0.3, 0.4) is 0 Å². The van der Waals surface area contributed by atoms with Gasteiger partial charge in [-0.25, -0.2) is 8.78 Å². The summed E-state index contributed by atoms with van der Waals surface area (Å²) in [4.78, 5) is 10.8. The van der Waals surface area contributed by atoms with Crippen molar-refractivity contribution < 1.29 is 18.3 Å². The van der Waals surface area contributed by atoms with Gasteiger partial charge in [-0.05, 0) is 28.1 Å². The molecule has 1 aromatic rings. The largest absolute Gasteiger partial charge is 0.468 e. The highest BCUT2D eigenvalue weighted by molar-refractivity contribution is 9.10. The third-order valence-corrected chi connectivity index (χ3v) is 3.38. The molecule has 0 aliphatic rings. The normalized spacial score (nSPS) is 10.2. The van der Waals surface area contributed by atoms with E-state index in [1.807, 2.05) is 0 Å². The van der Waals surface area contributed by atoms with Crippen LogP contribution in [0, 0.1) is 11.6 Å². The van der Waals surface area contributed by atoms with Gasteiger partial charge in [0.1, 0.15) is 11.6 Å². The highest BCUT2D eigenvalue weighted by Crippen LogP contribution is 2.25. The van der Waals surface area contributed by atoms with Crippen molar-refractivity contribution in [2.75, 3.05) is 12.9 Å². The van der Waals surface area contributed by atoms with Crippen LogP contribution in [0.1, 0.15) is 5.56 Å². The number of hydrogen-bond donors (Lipinski definition) is 0. The Morgan fingerprint density at radius 2 is 2.19 bits per heavy atom. The highest BCUT2D eigenvalue weighted by atomic mass is 79.9. The predicted octanol–water partition coefficient (Wildman–Crippen LogP) is 3.13. The molecule has 88 valence electrons. The fourth-order valence-corrected chi connectivity index (χ4v) is 2.22. The molecule has 0 aliphatic carbocycles. The number of benzene rings is 1. The average Bonchev–Trinajstić information content (AvgIpc) is 2.28. The molecule has 2 nitrogen and oxygen atoms in total. The van der Waals surface area contributed by atoms with Gasteiger partial charge in [0.2, 0.25) is 0 Å². The zero-order valence-electron chi connectivity index (χ0n) is 8.43. The number of halogens is 3. The van der Waals surface area contributed by atoms with Crippen LogP contribution >= 0.6 is 27.7 Å². The summed E-state index contributed by atoms with van der Waals surface area (Å²) in [7, 11) is 1.27. The van der Waals surface area contributed by atoms with E-state index < -0.39 is 17.6 Å². The van der Waals surface area contributed by atoms with Gasteiger partial charge in [-0.2, -0.15) is 0 Å². The van der Waals surface area contributed by atoms with E-state index in [-0.39, 0.29) is 21.5 Å². The molecule has 0 spiro atoms. The van der Waals surface area contributed by atoms with Crippen LogP contribution in [0.2, 0.25) is 0 Å². The minimum atomic E-state index is -0.627. The Hall–Kier alpha value is -0.620. The summed E-state index contributed by atoms with van der Waals surface area (Å²) in [5, 5.41) is 0. The minimum absolute atomic E-state index is 0.0386. The van der Waals surface area contributed by atoms with Crippen LogP contribution < -0.4 is 0 Å². The number of thioether (sulfide) groups is 1. The number of hydrogen-bond acceptors (Lipinski definition) is 3. The lowest BCUT2D eigenvalue weighted by Gasteiger charge is -2.05. The molecule has 0 aromatic heterocycles. The zero-order chi connectivity index (χ0) is 12.1. The van der Waals surface area contributed by atoms with Gasteiger partial charge in [0.25, 0.3) is 0 Å². The standard InChI is InChI=1S/C10H9BrF2O2S/c1-15-9(14)5-16-4-6-8(12)3-2-7(11)10(6)13/h2-3H,4-5H2,1H3. The highest BCUT2D eigenvalue weighted by Gasteiger charge is 2.12. The van der Waals surface area contributed by atoms with Crippen molar-refractivity contribution in [1.29, 1.82) is 0 Å². The third-order valence-electron chi connectivity index (χ3n) is 1.83. The molecule has 0 amide bonds. The first kappa shape index (κ1) is 13.4. The van der Waals surface area contributed by atoms with Crippen molar-refractivity contribution in [3.8, 4) is 0 Å². The summed E-state index contributed by atoms with van der Waals surface area (Å²) in [6.07, 6.45) is 0. The van der Waals surface area contributed by atoms with Crippen molar-refractivity contribution in [1.82, 2.24) is 0 Å². The monoisotopic (exact) mass is 310 g/mol. The summed E-state index contributed by atoms with van der Waals surface area (Å²) in [5.74, 6) is -1.50. The average molecular weight is 311 g/mol. The summed E-state index contributed by atoms with van der Waals surface area (Å²) in [6, 6.07) is 2.49. The first-order chi connectivity index (χ1) is 7.56. The van der Waals surface area contributed by atoms with Crippen molar-refractivity contribution in [3.05, 3.63) is 33.8 Å². The smallest absolute Gasteiger partial charge is 0.315 e. The van der Waals surface area contributed by atoms with E-state index in [9.17, 15) is 13.6 Å². The Morgan fingerprint density at radius 1 is 1.50 bits per heavy atom. The Bertz CT molecular complexity index is 399. The van der Waals surface area contributed by atoms with E-state index in [4.69, 9.17) is 0 Å². The first-order valence-corrected chi connectivity index (χ1v) is 6.28. The Kier molecular flexibility index (Phi) is 5.21.